The molecule has 1 atom stereocenters. The Hall–Kier alpha value is -4.26. The number of allylic oxidation sites excluding steroid dienone is 1. The topological polar surface area (TPSA) is 124 Å². The van der Waals surface area contributed by atoms with E-state index in [-0.39, 0.29) is 40.5 Å². The van der Waals surface area contributed by atoms with Crippen molar-refractivity contribution in [1.82, 2.24) is 0 Å². The van der Waals surface area contributed by atoms with Gasteiger partial charge in [0.05, 0.1) is 6.42 Å². The highest BCUT2D eigenvalue weighted by atomic mass is 16.5. The number of fused-ring (bicyclic) bond motifs is 1. The SMILES string of the molecule is O=C1CC(c2ccccc2)c2c(O)cc(O)c(C(=O)C=Cc3ccc(O)c(O)c3)c2O1. The zero-order valence-corrected chi connectivity index (χ0v) is 16.1. The maximum absolute atomic E-state index is 12.9. The third kappa shape index (κ3) is 3.81. The summed E-state index contributed by atoms with van der Waals surface area (Å²) in [6.45, 7) is 0. The third-order valence-corrected chi connectivity index (χ3v) is 5.09. The van der Waals surface area contributed by atoms with Gasteiger partial charge in [-0.1, -0.05) is 42.5 Å². The Bertz CT molecular complexity index is 1210. The summed E-state index contributed by atoms with van der Waals surface area (Å²) in [5.41, 5.74) is 1.19. The molecule has 1 unspecified atom stereocenters. The number of hydrogen-bond donors (Lipinski definition) is 4. The summed E-state index contributed by atoms with van der Waals surface area (Å²) in [5.74, 6) is -3.42. The van der Waals surface area contributed by atoms with Crippen molar-refractivity contribution in [2.45, 2.75) is 12.3 Å². The van der Waals surface area contributed by atoms with E-state index in [0.29, 0.717) is 5.56 Å². The first-order chi connectivity index (χ1) is 14.8. The van der Waals surface area contributed by atoms with Crippen LogP contribution in [0.5, 0.6) is 28.7 Å². The number of hydrogen-bond acceptors (Lipinski definition) is 7. The van der Waals surface area contributed by atoms with Gasteiger partial charge < -0.3 is 25.2 Å². The zero-order chi connectivity index (χ0) is 22.1. The van der Waals surface area contributed by atoms with Crippen molar-refractivity contribution in [1.29, 1.82) is 0 Å². The van der Waals surface area contributed by atoms with Crippen LogP contribution in [0.25, 0.3) is 6.08 Å². The van der Waals surface area contributed by atoms with Crippen molar-refractivity contribution < 1.29 is 34.8 Å². The fourth-order valence-corrected chi connectivity index (χ4v) is 3.62. The normalized spacial score (nSPS) is 15.5. The molecule has 0 bridgehead atoms. The number of phenols is 4. The minimum Gasteiger partial charge on any atom is -0.507 e. The maximum Gasteiger partial charge on any atom is 0.312 e. The first-order valence-corrected chi connectivity index (χ1v) is 9.44. The molecular formula is C24H18O7. The minimum absolute atomic E-state index is 0.0222. The highest BCUT2D eigenvalue weighted by Gasteiger charge is 2.35. The second kappa shape index (κ2) is 7.87. The molecule has 0 aromatic heterocycles. The number of carbonyl (C=O) groups excluding carboxylic acids is 2. The van der Waals surface area contributed by atoms with E-state index in [0.717, 1.165) is 17.7 Å². The quantitative estimate of drug-likeness (QED) is 0.167. The molecule has 156 valence electrons. The zero-order valence-electron chi connectivity index (χ0n) is 16.1. The van der Waals surface area contributed by atoms with E-state index in [2.05, 4.69) is 0 Å². The van der Waals surface area contributed by atoms with Crippen LogP contribution in [0.1, 0.15) is 39.4 Å². The lowest BCUT2D eigenvalue weighted by atomic mass is 9.84. The van der Waals surface area contributed by atoms with Gasteiger partial charge in [-0.05, 0) is 29.3 Å². The van der Waals surface area contributed by atoms with Crippen LogP contribution < -0.4 is 4.74 Å². The molecule has 0 saturated heterocycles. The predicted molar refractivity (Wildman–Crippen MR) is 111 cm³/mol. The molecule has 7 heteroatoms. The standard InChI is InChI=1S/C24H18O7/c25-16-8-6-13(10-18(16)27)7-9-17(26)23-20(29)12-19(28)22-15(11-21(30)31-24(22)23)14-4-2-1-3-5-14/h1-10,12,15,25,27-29H,11H2. The smallest absolute Gasteiger partial charge is 0.312 e. The average molecular weight is 418 g/mol. The molecule has 1 heterocycles. The van der Waals surface area contributed by atoms with Crippen molar-refractivity contribution in [2.24, 2.45) is 0 Å². The van der Waals surface area contributed by atoms with Crippen LogP contribution in [-0.4, -0.2) is 32.2 Å². The van der Waals surface area contributed by atoms with Crippen LogP contribution in [0.4, 0.5) is 0 Å². The molecule has 0 spiro atoms. The summed E-state index contributed by atoms with van der Waals surface area (Å²) in [4.78, 5) is 25.2. The lowest BCUT2D eigenvalue weighted by molar-refractivity contribution is -0.135. The van der Waals surface area contributed by atoms with Crippen molar-refractivity contribution in [2.75, 3.05) is 0 Å². The van der Waals surface area contributed by atoms with Gasteiger partial charge in [-0.3, -0.25) is 9.59 Å². The Morgan fingerprint density at radius 1 is 0.903 bits per heavy atom. The molecule has 1 aliphatic rings. The van der Waals surface area contributed by atoms with Crippen LogP contribution in [0.2, 0.25) is 0 Å². The van der Waals surface area contributed by atoms with Gasteiger partial charge in [0, 0.05) is 17.5 Å². The van der Waals surface area contributed by atoms with Crippen LogP contribution in [-0.2, 0) is 4.79 Å². The molecule has 31 heavy (non-hydrogen) atoms. The van der Waals surface area contributed by atoms with E-state index < -0.39 is 23.4 Å². The van der Waals surface area contributed by atoms with E-state index in [9.17, 15) is 30.0 Å². The van der Waals surface area contributed by atoms with Gasteiger partial charge in [0.1, 0.15) is 17.1 Å². The number of ketones is 1. The summed E-state index contributed by atoms with van der Waals surface area (Å²) >= 11 is 0. The van der Waals surface area contributed by atoms with Crippen molar-refractivity contribution >= 4 is 17.8 Å². The molecule has 1 aliphatic heterocycles. The molecule has 0 radical (unpaired) electrons. The number of ether oxygens (including phenoxy) is 1. The van der Waals surface area contributed by atoms with Crippen LogP contribution in [0, 0.1) is 0 Å². The van der Waals surface area contributed by atoms with E-state index in [1.807, 2.05) is 6.07 Å². The number of aromatic hydroxyl groups is 4. The first-order valence-electron chi connectivity index (χ1n) is 9.44. The van der Waals surface area contributed by atoms with Crippen molar-refractivity contribution in [3.8, 4) is 28.7 Å². The minimum atomic E-state index is -0.664. The third-order valence-electron chi connectivity index (χ3n) is 5.09. The van der Waals surface area contributed by atoms with Gasteiger partial charge in [-0.25, -0.2) is 0 Å². The molecule has 4 rings (SSSR count). The molecule has 7 nitrogen and oxygen atoms in total. The Morgan fingerprint density at radius 2 is 1.65 bits per heavy atom. The Balaban J connectivity index is 1.78. The van der Waals surface area contributed by atoms with E-state index in [1.54, 1.807) is 24.3 Å². The summed E-state index contributed by atoms with van der Waals surface area (Å²) in [7, 11) is 0. The molecule has 0 amide bonds. The molecule has 4 N–H and O–H groups in total. The second-order valence-electron chi connectivity index (χ2n) is 7.12. The molecule has 3 aromatic carbocycles. The second-order valence-corrected chi connectivity index (χ2v) is 7.12. The number of rotatable bonds is 4. The van der Waals surface area contributed by atoms with Crippen molar-refractivity contribution in [3.63, 3.8) is 0 Å². The first kappa shape index (κ1) is 20.0. The van der Waals surface area contributed by atoms with Gasteiger partial charge in [-0.15, -0.1) is 0 Å². The Kier molecular flexibility index (Phi) is 5.09. The molecule has 0 saturated carbocycles. The number of carbonyl (C=O) groups is 2. The fourth-order valence-electron chi connectivity index (χ4n) is 3.62. The highest BCUT2D eigenvalue weighted by molar-refractivity contribution is 6.11. The van der Waals surface area contributed by atoms with Crippen LogP contribution >= 0.6 is 0 Å². The Labute approximate surface area is 177 Å². The van der Waals surface area contributed by atoms with Gasteiger partial charge in [0.25, 0.3) is 0 Å². The maximum atomic E-state index is 12.9. The summed E-state index contributed by atoms with van der Waals surface area (Å²) in [6.07, 6.45) is 2.49. The van der Waals surface area contributed by atoms with Gasteiger partial charge in [0.15, 0.2) is 23.0 Å². The lowest BCUT2D eigenvalue weighted by Crippen LogP contribution is -2.23. The molecule has 3 aromatic rings. The van der Waals surface area contributed by atoms with Crippen LogP contribution in [0.15, 0.2) is 60.7 Å². The molecule has 0 fully saturated rings. The summed E-state index contributed by atoms with van der Waals surface area (Å²) in [5, 5.41) is 39.8. The predicted octanol–water partition coefficient (Wildman–Crippen LogP) is 3.85. The van der Waals surface area contributed by atoms with Gasteiger partial charge in [-0.2, -0.15) is 0 Å². The summed E-state index contributed by atoms with van der Waals surface area (Å²) in [6, 6.07) is 14.1. The highest BCUT2D eigenvalue weighted by Crippen LogP contribution is 2.48. The van der Waals surface area contributed by atoms with E-state index >= 15 is 0 Å². The fraction of sp³-hybridized carbons (Fsp3) is 0.0833. The van der Waals surface area contributed by atoms with Crippen molar-refractivity contribution in [3.05, 3.63) is 82.9 Å². The van der Waals surface area contributed by atoms with Crippen LogP contribution in [0.3, 0.4) is 0 Å². The lowest BCUT2D eigenvalue weighted by Gasteiger charge is -2.27. The summed E-state index contributed by atoms with van der Waals surface area (Å²) < 4.78 is 5.30. The Morgan fingerprint density at radius 3 is 2.35 bits per heavy atom. The monoisotopic (exact) mass is 418 g/mol. The number of benzene rings is 3. The van der Waals surface area contributed by atoms with E-state index in [4.69, 9.17) is 4.74 Å². The van der Waals surface area contributed by atoms with Gasteiger partial charge >= 0.3 is 5.97 Å². The number of esters is 1. The largest absolute Gasteiger partial charge is 0.507 e. The average Bonchev–Trinajstić information content (AvgIpc) is 2.74. The van der Waals surface area contributed by atoms with E-state index in [1.165, 1.54) is 24.3 Å². The van der Waals surface area contributed by atoms with Gasteiger partial charge in [0.2, 0.25) is 0 Å². The number of phenolic OH excluding ortho intramolecular Hbond substituents is 4. The molecular weight excluding hydrogens is 400 g/mol. The molecule has 0 aliphatic carbocycles.